The van der Waals surface area contributed by atoms with Crippen LogP contribution in [0.1, 0.15) is 32.3 Å². The minimum Gasteiger partial charge on any atom is -0.492 e. The van der Waals surface area contributed by atoms with E-state index >= 15 is 0 Å². The molecule has 94 valence electrons. The largest absolute Gasteiger partial charge is 0.492 e. The van der Waals surface area contributed by atoms with Crippen LogP contribution >= 0.6 is 11.6 Å². The molecule has 0 spiro atoms. The molecule has 0 unspecified atom stereocenters. The number of amidine groups is 1. The van der Waals surface area contributed by atoms with Gasteiger partial charge in [0.2, 0.25) is 0 Å². The molecule has 1 rings (SSSR count). The van der Waals surface area contributed by atoms with Crippen LogP contribution in [0.25, 0.3) is 0 Å². The number of halogens is 1. The molecule has 3 nitrogen and oxygen atoms in total. The van der Waals surface area contributed by atoms with Gasteiger partial charge in [-0.05, 0) is 24.1 Å². The predicted molar refractivity (Wildman–Crippen MR) is 72.0 cm³/mol. The monoisotopic (exact) mass is 254 g/mol. The molecule has 3 N–H and O–H groups in total. The minimum absolute atomic E-state index is 0.0124. The van der Waals surface area contributed by atoms with Crippen LogP contribution < -0.4 is 10.5 Å². The molecule has 0 aliphatic rings. The topological polar surface area (TPSA) is 59.1 Å². The summed E-state index contributed by atoms with van der Waals surface area (Å²) < 4.78 is 5.67. The van der Waals surface area contributed by atoms with Crippen molar-refractivity contribution in [3.63, 3.8) is 0 Å². The van der Waals surface area contributed by atoms with Gasteiger partial charge in [0.05, 0.1) is 11.6 Å². The Balaban J connectivity index is 2.69. The van der Waals surface area contributed by atoms with Gasteiger partial charge >= 0.3 is 0 Å². The maximum absolute atomic E-state index is 7.31. The lowest BCUT2D eigenvalue weighted by atomic mass is 10.1. The lowest BCUT2D eigenvalue weighted by Crippen LogP contribution is -2.12. The number of hydrogen-bond acceptors (Lipinski definition) is 2. The van der Waals surface area contributed by atoms with Gasteiger partial charge in [-0.15, -0.1) is 0 Å². The van der Waals surface area contributed by atoms with Crippen LogP contribution in [0.15, 0.2) is 18.2 Å². The van der Waals surface area contributed by atoms with Gasteiger partial charge in [0, 0.05) is 5.56 Å². The van der Waals surface area contributed by atoms with E-state index < -0.39 is 0 Å². The quantitative estimate of drug-likeness (QED) is 0.604. The number of nitrogens with one attached hydrogen (secondary N) is 1. The van der Waals surface area contributed by atoms with E-state index in [1.54, 1.807) is 18.2 Å². The van der Waals surface area contributed by atoms with Gasteiger partial charge in [-0.3, -0.25) is 5.41 Å². The number of benzene rings is 1. The molecule has 0 atom stereocenters. The van der Waals surface area contributed by atoms with E-state index in [9.17, 15) is 0 Å². The molecular weight excluding hydrogens is 236 g/mol. The molecule has 0 fully saturated rings. The highest BCUT2D eigenvalue weighted by molar-refractivity contribution is 6.32. The van der Waals surface area contributed by atoms with E-state index in [-0.39, 0.29) is 5.84 Å². The molecule has 0 aliphatic carbocycles. The highest BCUT2D eigenvalue weighted by Crippen LogP contribution is 2.26. The Kier molecular flexibility index (Phi) is 5.29. The molecule has 0 bridgehead atoms. The zero-order chi connectivity index (χ0) is 12.8. The molecule has 0 heterocycles. The number of hydrogen-bond donors (Lipinski definition) is 2. The number of nitrogen functional groups attached to an aromatic ring is 1. The minimum atomic E-state index is 0.0124. The molecule has 1 aromatic rings. The van der Waals surface area contributed by atoms with Gasteiger partial charge in [-0.2, -0.15) is 0 Å². The smallest absolute Gasteiger partial charge is 0.137 e. The van der Waals surface area contributed by atoms with Gasteiger partial charge in [-0.1, -0.05) is 38.3 Å². The Morgan fingerprint density at radius 1 is 1.41 bits per heavy atom. The van der Waals surface area contributed by atoms with Gasteiger partial charge < -0.3 is 10.5 Å². The summed E-state index contributed by atoms with van der Waals surface area (Å²) in [5, 5.41) is 7.81. The van der Waals surface area contributed by atoms with Crippen molar-refractivity contribution >= 4 is 17.4 Å². The van der Waals surface area contributed by atoms with Crippen molar-refractivity contribution in [3.8, 4) is 5.75 Å². The Hall–Kier alpha value is -1.22. The molecule has 4 heteroatoms. The summed E-state index contributed by atoms with van der Waals surface area (Å²) in [6.45, 7) is 4.97. The standard InChI is InChI=1S/C13H19ClN2O/c1-3-9(4-2)8-17-12-6-5-10(13(15)16)7-11(12)14/h5-7,9H,3-4,8H2,1-2H3,(H3,15,16). The molecule has 0 saturated heterocycles. The second-order valence-electron chi connectivity index (χ2n) is 4.05. The molecule has 17 heavy (non-hydrogen) atoms. The summed E-state index contributed by atoms with van der Waals surface area (Å²) in [5.74, 6) is 1.22. The second-order valence-corrected chi connectivity index (χ2v) is 4.46. The Labute approximate surface area is 107 Å². The van der Waals surface area contributed by atoms with Gasteiger partial charge in [0.25, 0.3) is 0 Å². The van der Waals surface area contributed by atoms with Crippen LogP contribution in [0.5, 0.6) is 5.75 Å². The van der Waals surface area contributed by atoms with Crippen molar-refractivity contribution in [2.45, 2.75) is 26.7 Å². The van der Waals surface area contributed by atoms with Gasteiger partial charge in [-0.25, -0.2) is 0 Å². The first kappa shape index (κ1) is 13.8. The van der Waals surface area contributed by atoms with E-state index in [0.29, 0.717) is 28.9 Å². The van der Waals surface area contributed by atoms with Crippen molar-refractivity contribution in [2.75, 3.05) is 6.61 Å². The molecular formula is C13H19ClN2O. The van der Waals surface area contributed by atoms with E-state index in [4.69, 9.17) is 27.5 Å². The van der Waals surface area contributed by atoms with E-state index in [0.717, 1.165) is 12.8 Å². The van der Waals surface area contributed by atoms with Gasteiger partial charge in [0.1, 0.15) is 11.6 Å². The summed E-state index contributed by atoms with van der Waals surface area (Å²) in [7, 11) is 0. The number of nitrogens with two attached hydrogens (primary N) is 1. The van der Waals surface area contributed by atoms with E-state index in [1.807, 2.05) is 0 Å². The Morgan fingerprint density at radius 3 is 2.53 bits per heavy atom. The first-order valence-electron chi connectivity index (χ1n) is 5.85. The summed E-state index contributed by atoms with van der Waals surface area (Å²) in [6, 6.07) is 5.17. The highest BCUT2D eigenvalue weighted by Gasteiger charge is 2.08. The van der Waals surface area contributed by atoms with Crippen LogP contribution in [-0.2, 0) is 0 Å². The second kappa shape index (κ2) is 6.50. The van der Waals surface area contributed by atoms with Crippen LogP contribution in [0.4, 0.5) is 0 Å². The van der Waals surface area contributed by atoms with Crippen LogP contribution in [0.2, 0.25) is 5.02 Å². The first-order valence-corrected chi connectivity index (χ1v) is 6.23. The van der Waals surface area contributed by atoms with Crippen LogP contribution in [-0.4, -0.2) is 12.4 Å². The SMILES string of the molecule is CCC(CC)COc1ccc(C(=N)N)cc1Cl. The average molecular weight is 255 g/mol. The van der Waals surface area contributed by atoms with Crippen molar-refractivity contribution in [3.05, 3.63) is 28.8 Å². The summed E-state index contributed by atoms with van der Waals surface area (Å²) in [4.78, 5) is 0. The molecule has 1 aromatic carbocycles. The Bertz CT molecular complexity index is 389. The van der Waals surface area contributed by atoms with E-state index in [2.05, 4.69) is 13.8 Å². The van der Waals surface area contributed by atoms with Gasteiger partial charge in [0.15, 0.2) is 0 Å². The maximum Gasteiger partial charge on any atom is 0.137 e. The number of rotatable bonds is 6. The third-order valence-corrected chi connectivity index (χ3v) is 3.17. The first-order chi connectivity index (χ1) is 8.08. The van der Waals surface area contributed by atoms with E-state index in [1.165, 1.54) is 0 Å². The number of ether oxygens (including phenoxy) is 1. The zero-order valence-corrected chi connectivity index (χ0v) is 11.1. The third-order valence-electron chi connectivity index (χ3n) is 2.87. The van der Waals surface area contributed by atoms with Crippen LogP contribution in [0, 0.1) is 11.3 Å². The normalized spacial score (nSPS) is 10.6. The zero-order valence-electron chi connectivity index (χ0n) is 10.3. The fourth-order valence-electron chi connectivity index (χ4n) is 1.52. The fraction of sp³-hybridized carbons (Fsp3) is 0.462. The predicted octanol–water partition coefficient (Wildman–Crippen LogP) is 3.44. The average Bonchev–Trinajstić information content (AvgIpc) is 2.31. The van der Waals surface area contributed by atoms with Crippen LogP contribution in [0.3, 0.4) is 0 Å². The maximum atomic E-state index is 7.31. The van der Waals surface area contributed by atoms with Crippen molar-refractivity contribution in [1.82, 2.24) is 0 Å². The Morgan fingerprint density at radius 2 is 2.06 bits per heavy atom. The summed E-state index contributed by atoms with van der Waals surface area (Å²) >= 11 is 6.07. The summed E-state index contributed by atoms with van der Waals surface area (Å²) in [6.07, 6.45) is 2.19. The van der Waals surface area contributed by atoms with Crippen molar-refractivity contribution < 1.29 is 4.74 Å². The molecule has 0 radical (unpaired) electrons. The lowest BCUT2D eigenvalue weighted by Gasteiger charge is -2.15. The lowest BCUT2D eigenvalue weighted by molar-refractivity contribution is 0.241. The molecule has 0 saturated carbocycles. The fourth-order valence-corrected chi connectivity index (χ4v) is 1.75. The molecule has 0 aromatic heterocycles. The highest BCUT2D eigenvalue weighted by atomic mass is 35.5. The van der Waals surface area contributed by atoms with Crippen molar-refractivity contribution in [1.29, 1.82) is 5.41 Å². The van der Waals surface area contributed by atoms with Crippen molar-refractivity contribution in [2.24, 2.45) is 11.7 Å². The summed E-state index contributed by atoms with van der Waals surface area (Å²) in [5.41, 5.74) is 6.00. The molecule has 0 aliphatic heterocycles. The third kappa shape index (κ3) is 3.93. The molecule has 0 amide bonds.